The van der Waals surface area contributed by atoms with Crippen molar-refractivity contribution in [1.29, 1.82) is 0 Å². The average Bonchev–Trinajstić information content (AvgIpc) is 3.22. The molecule has 2 aromatic carbocycles. The zero-order valence-electron chi connectivity index (χ0n) is 17.3. The Labute approximate surface area is 194 Å². The van der Waals surface area contributed by atoms with Crippen LogP contribution >= 0.6 is 23.4 Å². The summed E-state index contributed by atoms with van der Waals surface area (Å²) in [5.41, 5.74) is 1.67. The second-order valence-corrected chi connectivity index (χ2v) is 8.59. The van der Waals surface area contributed by atoms with E-state index in [4.69, 9.17) is 16.3 Å². The molecule has 1 N–H and O–H groups in total. The minimum Gasteiger partial charge on any atom is -0.378 e. The molecular formula is C22H23ClFN5O2S. The molecular weight excluding hydrogens is 453 g/mol. The number of thioether (sulfide) groups is 1. The summed E-state index contributed by atoms with van der Waals surface area (Å²) in [5, 5.41) is 12.7. The van der Waals surface area contributed by atoms with Crippen LogP contribution in [0, 0.1) is 5.82 Å². The highest BCUT2D eigenvalue weighted by atomic mass is 35.5. The molecule has 0 atom stereocenters. The molecule has 1 fully saturated rings. The molecule has 3 aromatic rings. The van der Waals surface area contributed by atoms with Crippen molar-refractivity contribution >= 4 is 35.2 Å². The Morgan fingerprint density at radius 1 is 1.16 bits per heavy atom. The number of anilines is 1. The van der Waals surface area contributed by atoms with Crippen molar-refractivity contribution in [2.45, 2.75) is 11.6 Å². The summed E-state index contributed by atoms with van der Waals surface area (Å²) in [4.78, 5) is 14.4. The summed E-state index contributed by atoms with van der Waals surface area (Å²) < 4.78 is 21.1. The Balaban J connectivity index is 1.42. The molecule has 2 heterocycles. The average molecular weight is 476 g/mol. The quantitative estimate of drug-likeness (QED) is 0.504. The van der Waals surface area contributed by atoms with E-state index < -0.39 is 0 Å². The van der Waals surface area contributed by atoms with Gasteiger partial charge in [0.2, 0.25) is 11.9 Å². The van der Waals surface area contributed by atoms with Gasteiger partial charge in [-0.25, -0.2) is 4.39 Å². The molecule has 1 aromatic heterocycles. The molecule has 1 amide bonds. The fraction of sp³-hybridized carbons (Fsp3) is 0.318. The Kier molecular flexibility index (Phi) is 7.62. The van der Waals surface area contributed by atoms with E-state index >= 15 is 0 Å². The number of morpholine rings is 1. The first-order valence-corrected chi connectivity index (χ1v) is 11.6. The number of rotatable bonds is 8. The molecule has 1 aliphatic rings. The Morgan fingerprint density at radius 2 is 1.97 bits per heavy atom. The molecule has 32 heavy (non-hydrogen) atoms. The lowest BCUT2D eigenvalue weighted by atomic mass is 10.1. The first-order chi connectivity index (χ1) is 15.6. The fourth-order valence-electron chi connectivity index (χ4n) is 3.38. The van der Waals surface area contributed by atoms with Gasteiger partial charge in [0.1, 0.15) is 5.82 Å². The standard InChI is InChI=1S/C22H23ClFN5O2S/c23-17-4-1-3-16(13-17)7-8-25-20(30)15-32-22-27-26-21(28-9-11-31-12-10-28)29(22)19-6-2-5-18(24)14-19/h1-6,13-14H,7-12,15H2,(H,25,30). The Bertz CT molecular complexity index is 1070. The minimum absolute atomic E-state index is 0.112. The molecule has 0 unspecified atom stereocenters. The number of carbonyl (C=O) groups is 1. The predicted molar refractivity (Wildman–Crippen MR) is 123 cm³/mol. The topological polar surface area (TPSA) is 72.3 Å². The summed E-state index contributed by atoms with van der Waals surface area (Å²) >= 11 is 7.26. The monoisotopic (exact) mass is 475 g/mol. The van der Waals surface area contributed by atoms with Crippen molar-refractivity contribution < 1.29 is 13.9 Å². The number of aromatic nitrogens is 3. The molecule has 0 spiro atoms. The largest absolute Gasteiger partial charge is 0.378 e. The number of ether oxygens (including phenoxy) is 1. The zero-order valence-corrected chi connectivity index (χ0v) is 18.9. The maximum absolute atomic E-state index is 13.9. The molecule has 168 valence electrons. The van der Waals surface area contributed by atoms with Gasteiger partial charge in [-0.1, -0.05) is 41.6 Å². The number of nitrogens with one attached hydrogen (secondary N) is 1. The highest BCUT2D eigenvalue weighted by Crippen LogP contribution is 2.27. The lowest BCUT2D eigenvalue weighted by molar-refractivity contribution is -0.118. The summed E-state index contributed by atoms with van der Waals surface area (Å²) in [6.07, 6.45) is 0.692. The fourth-order valence-corrected chi connectivity index (χ4v) is 4.37. The third-order valence-electron chi connectivity index (χ3n) is 4.93. The molecule has 0 bridgehead atoms. The van der Waals surface area contributed by atoms with Gasteiger partial charge in [0, 0.05) is 24.7 Å². The van der Waals surface area contributed by atoms with Crippen molar-refractivity contribution in [2.75, 3.05) is 43.5 Å². The Hall–Kier alpha value is -2.62. The smallest absolute Gasteiger partial charge is 0.232 e. The van der Waals surface area contributed by atoms with E-state index in [0.29, 0.717) is 61.1 Å². The minimum atomic E-state index is -0.348. The number of amides is 1. The van der Waals surface area contributed by atoms with Gasteiger partial charge in [-0.05, 0) is 42.3 Å². The van der Waals surface area contributed by atoms with Gasteiger partial charge in [0.05, 0.1) is 24.7 Å². The van der Waals surface area contributed by atoms with Crippen molar-refractivity contribution in [3.63, 3.8) is 0 Å². The highest BCUT2D eigenvalue weighted by molar-refractivity contribution is 7.99. The van der Waals surface area contributed by atoms with E-state index in [1.54, 1.807) is 16.7 Å². The van der Waals surface area contributed by atoms with Crippen molar-refractivity contribution in [3.05, 3.63) is 64.9 Å². The van der Waals surface area contributed by atoms with Gasteiger partial charge in [-0.3, -0.25) is 9.36 Å². The van der Waals surface area contributed by atoms with Gasteiger partial charge in [0.25, 0.3) is 0 Å². The number of nitrogens with zero attached hydrogens (tertiary/aromatic N) is 4. The maximum Gasteiger partial charge on any atom is 0.232 e. The van der Waals surface area contributed by atoms with Crippen LogP contribution in [0.3, 0.4) is 0 Å². The second kappa shape index (κ2) is 10.8. The van der Waals surface area contributed by atoms with Crippen LogP contribution in [0.2, 0.25) is 5.02 Å². The highest BCUT2D eigenvalue weighted by Gasteiger charge is 2.22. The lowest BCUT2D eigenvalue weighted by Crippen LogP contribution is -2.37. The van der Waals surface area contributed by atoms with E-state index in [2.05, 4.69) is 20.4 Å². The number of hydrogen-bond donors (Lipinski definition) is 1. The number of carbonyl (C=O) groups excluding carboxylic acids is 1. The van der Waals surface area contributed by atoms with Crippen LogP contribution in [0.25, 0.3) is 5.69 Å². The van der Waals surface area contributed by atoms with Crippen LogP contribution in [0.15, 0.2) is 53.7 Å². The predicted octanol–water partition coefficient (Wildman–Crippen LogP) is 3.35. The lowest BCUT2D eigenvalue weighted by Gasteiger charge is -2.27. The van der Waals surface area contributed by atoms with Crippen LogP contribution in [0.5, 0.6) is 0 Å². The number of halogens is 2. The van der Waals surface area contributed by atoms with Crippen LogP contribution in [-0.2, 0) is 16.0 Å². The molecule has 7 nitrogen and oxygen atoms in total. The van der Waals surface area contributed by atoms with E-state index in [9.17, 15) is 9.18 Å². The van der Waals surface area contributed by atoms with Crippen LogP contribution < -0.4 is 10.2 Å². The van der Waals surface area contributed by atoms with Crippen LogP contribution in [-0.4, -0.2) is 59.3 Å². The molecule has 0 saturated carbocycles. The molecule has 4 rings (SSSR count). The van der Waals surface area contributed by atoms with E-state index in [0.717, 1.165) is 5.56 Å². The third-order valence-corrected chi connectivity index (χ3v) is 6.10. The zero-order chi connectivity index (χ0) is 22.3. The molecule has 0 aliphatic carbocycles. The van der Waals surface area contributed by atoms with Gasteiger partial charge >= 0.3 is 0 Å². The molecule has 1 saturated heterocycles. The SMILES string of the molecule is O=C(CSc1nnc(N2CCOCC2)n1-c1cccc(F)c1)NCCc1cccc(Cl)c1. The van der Waals surface area contributed by atoms with Crippen molar-refractivity contribution in [1.82, 2.24) is 20.1 Å². The first-order valence-electron chi connectivity index (χ1n) is 10.3. The molecule has 0 radical (unpaired) electrons. The summed E-state index contributed by atoms with van der Waals surface area (Å²) in [6.45, 7) is 3.03. The summed E-state index contributed by atoms with van der Waals surface area (Å²) in [7, 11) is 0. The third kappa shape index (κ3) is 5.79. The second-order valence-electron chi connectivity index (χ2n) is 7.22. The van der Waals surface area contributed by atoms with Gasteiger partial charge in [-0.2, -0.15) is 0 Å². The maximum atomic E-state index is 13.9. The summed E-state index contributed by atoms with van der Waals surface area (Å²) in [6, 6.07) is 13.8. The summed E-state index contributed by atoms with van der Waals surface area (Å²) in [5.74, 6) is 0.326. The normalized spacial score (nSPS) is 13.9. The van der Waals surface area contributed by atoms with E-state index in [1.165, 1.54) is 23.9 Å². The van der Waals surface area contributed by atoms with Gasteiger partial charge in [-0.15, -0.1) is 10.2 Å². The van der Waals surface area contributed by atoms with Crippen LogP contribution in [0.1, 0.15) is 5.56 Å². The van der Waals surface area contributed by atoms with Crippen LogP contribution in [0.4, 0.5) is 10.3 Å². The number of benzene rings is 2. The van der Waals surface area contributed by atoms with Crippen molar-refractivity contribution in [3.8, 4) is 5.69 Å². The first kappa shape index (κ1) is 22.6. The molecule has 10 heteroatoms. The number of hydrogen-bond acceptors (Lipinski definition) is 6. The van der Waals surface area contributed by atoms with Crippen molar-refractivity contribution in [2.24, 2.45) is 0 Å². The Morgan fingerprint density at radius 3 is 2.75 bits per heavy atom. The van der Waals surface area contributed by atoms with E-state index in [-0.39, 0.29) is 17.5 Å². The molecule has 1 aliphatic heterocycles. The van der Waals surface area contributed by atoms with E-state index in [1.807, 2.05) is 24.3 Å². The van der Waals surface area contributed by atoms with Gasteiger partial charge < -0.3 is 15.0 Å². The van der Waals surface area contributed by atoms with Gasteiger partial charge in [0.15, 0.2) is 5.16 Å².